The number of phosphoric acid groups is 1. The largest absolute Gasteiger partial charge is 0.472 e. The molecule has 0 saturated carbocycles. The molecule has 0 aromatic rings. The van der Waals surface area contributed by atoms with E-state index in [-0.39, 0.29) is 25.8 Å². The highest BCUT2D eigenvalue weighted by Gasteiger charge is 2.26. The van der Waals surface area contributed by atoms with Gasteiger partial charge in [-0.3, -0.25) is 13.8 Å². The average Bonchev–Trinajstić information content (AvgIpc) is 3.09. The van der Waals surface area contributed by atoms with E-state index in [2.05, 4.69) is 26.0 Å². The first-order valence-corrected chi connectivity index (χ1v) is 23.4. The van der Waals surface area contributed by atoms with Crippen molar-refractivity contribution < 1.29 is 37.3 Å². The zero-order valence-corrected chi connectivity index (χ0v) is 36.0. The number of hydrogen-bond acceptors (Lipinski definition) is 6. The number of phosphoric ester groups is 1. The lowest BCUT2D eigenvalue weighted by atomic mass is 10.0. The minimum Gasteiger partial charge on any atom is -0.457 e. The second kappa shape index (κ2) is 37.2. The Balaban J connectivity index is 4.17. The fourth-order valence-corrected chi connectivity index (χ4v) is 6.88. The third-order valence-corrected chi connectivity index (χ3v) is 10.6. The van der Waals surface area contributed by atoms with Crippen LogP contribution in [0.15, 0.2) is 12.2 Å². The van der Waals surface area contributed by atoms with Crippen molar-refractivity contribution in [1.82, 2.24) is 0 Å². The lowest BCUT2D eigenvalue weighted by molar-refractivity contribution is -0.870. The number of carbonyl (C=O) groups is 1. The van der Waals surface area contributed by atoms with E-state index in [9.17, 15) is 14.3 Å². The highest BCUT2D eigenvalue weighted by Crippen LogP contribution is 2.43. The van der Waals surface area contributed by atoms with E-state index in [1.807, 2.05) is 21.1 Å². The molecule has 0 fully saturated rings. The number of ether oxygens (including phenoxy) is 2. The summed E-state index contributed by atoms with van der Waals surface area (Å²) in [5.74, 6) is -0.320. The van der Waals surface area contributed by atoms with E-state index >= 15 is 0 Å². The predicted octanol–water partition coefficient (Wildman–Crippen LogP) is 12.7. The monoisotopic (exact) mass is 761 g/mol. The molecule has 0 aliphatic rings. The Hall–Kier alpha value is -0.760. The smallest absolute Gasteiger partial charge is 0.457 e. The van der Waals surface area contributed by atoms with Gasteiger partial charge < -0.3 is 18.9 Å². The molecule has 0 aliphatic carbocycles. The van der Waals surface area contributed by atoms with Crippen LogP contribution in [0.3, 0.4) is 0 Å². The highest BCUT2D eigenvalue weighted by molar-refractivity contribution is 7.47. The molecular formula is C43H87NO7P+. The number of hydrogen-bond donors (Lipinski definition) is 1. The van der Waals surface area contributed by atoms with Gasteiger partial charge in [0.2, 0.25) is 0 Å². The minimum absolute atomic E-state index is 0.0901. The summed E-state index contributed by atoms with van der Waals surface area (Å²) in [4.78, 5) is 22.8. The van der Waals surface area contributed by atoms with Gasteiger partial charge in [-0.1, -0.05) is 167 Å². The number of rotatable bonds is 41. The molecule has 2 unspecified atom stereocenters. The van der Waals surface area contributed by atoms with Gasteiger partial charge in [0.05, 0.1) is 34.4 Å². The fraction of sp³-hybridized carbons (Fsp3) is 0.930. The predicted molar refractivity (Wildman–Crippen MR) is 220 cm³/mol. The van der Waals surface area contributed by atoms with E-state index in [1.165, 1.54) is 135 Å². The molecule has 0 spiro atoms. The van der Waals surface area contributed by atoms with Crippen LogP contribution < -0.4 is 0 Å². The maximum Gasteiger partial charge on any atom is 0.472 e. The highest BCUT2D eigenvalue weighted by atomic mass is 31.2. The standard InChI is InChI=1S/C43H86NO7P/c1-6-8-10-12-14-16-18-20-21-22-23-24-25-27-29-31-33-35-38-48-40-42(41-50-52(46,47)49-39-37-44(3,4)5)51-43(45)36-34-32-30-28-26-19-17-15-13-11-9-7-2/h15,17,42H,6-14,16,18-41H2,1-5H3/p+1/b17-15-. The van der Waals surface area contributed by atoms with Crippen molar-refractivity contribution in [3.63, 3.8) is 0 Å². The van der Waals surface area contributed by atoms with Crippen LogP contribution in [0.1, 0.15) is 200 Å². The van der Waals surface area contributed by atoms with Gasteiger partial charge in [0.15, 0.2) is 0 Å². The Labute approximate surface area is 322 Å². The van der Waals surface area contributed by atoms with Gasteiger partial charge >= 0.3 is 13.8 Å². The van der Waals surface area contributed by atoms with Gasteiger partial charge in [0.25, 0.3) is 0 Å². The second-order valence-electron chi connectivity index (χ2n) is 16.1. The first-order valence-electron chi connectivity index (χ1n) is 21.9. The third kappa shape index (κ3) is 40.4. The van der Waals surface area contributed by atoms with E-state index in [4.69, 9.17) is 18.5 Å². The second-order valence-corrected chi connectivity index (χ2v) is 17.5. The summed E-state index contributed by atoms with van der Waals surface area (Å²) in [5.41, 5.74) is 0. The van der Waals surface area contributed by atoms with Gasteiger partial charge in [-0.05, 0) is 38.5 Å². The molecule has 0 bridgehead atoms. The summed E-state index contributed by atoms with van der Waals surface area (Å²) in [6, 6.07) is 0. The summed E-state index contributed by atoms with van der Waals surface area (Å²) in [7, 11) is 1.67. The number of esters is 1. The van der Waals surface area contributed by atoms with Crippen molar-refractivity contribution in [2.75, 3.05) is 54.1 Å². The molecule has 0 amide bonds. The topological polar surface area (TPSA) is 91.3 Å². The summed E-state index contributed by atoms with van der Waals surface area (Å²) < 4.78 is 35.0. The molecule has 0 aromatic heterocycles. The van der Waals surface area contributed by atoms with Gasteiger partial charge in [-0.15, -0.1) is 0 Å². The van der Waals surface area contributed by atoms with Crippen molar-refractivity contribution in [3.05, 3.63) is 12.2 Å². The molecule has 9 heteroatoms. The maximum atomic E-state index is 12.6. The Bertz CT molecular complexity index is 848. The molecule has 8 nitrogen and oxygen atoms in total. The van der Waals surface area contributed by atoms with Crippen molar-refractivity contribution in [3.8, 4) is 0 Å². The molecule has 0 aromatic carbocycles. The number of allylic oxidation sites excluding steroid dienone is 2. The minimum atomic E-state index is -4.27. The fourth-order valence-electron chi connectivity index (χ4n) is 6.14. The molecule has 0 rings (SSSR count). The summed E-state index contributed by atoms with van der Waals surface area (Å²) >= 11 is 0. The summed E-state index contributed by atoms with van der Waals surface area (Å²) in [6.45, 7) is 5.62. The first kappa shape index (κ1) is 51.2. The summed E-state index contributed by atoms with van der Waals surface area (Å²) in [5, 5.41) is 0. The number of unbranched alkanes of at least 4 members (excludes halogenated alkanes) is 25. The van der Waals surface area contributed by atoms with Crippen molar-refractivity contribution in [2.45, 2.75) is 206 Å². The van der Waals surface area contributed by atoms with E-state index in [0.29, 0.717) is 24.1 Å². The van der Waals surface area contributed by atoms with Gasteiger partial charge in [0, 0.05) is 13.0 Å². The van der Waals surface area contributed by atoms with Crippen molar-refractivity contribution >= 4 is 13.8 Å². The van der Waals surface area contributed by atoms with E-state index < -0.39 is 13.9 Å². The summed E-state index contributed by atoms with van der Waals surface area (Å²) in [6.07, 6.45) is 39.5. The molecule has 1 N–H and O–H groups in total. The van der Waals surface area contributed by atoms with Gasteiger partial charge in [-0.2, -0.15) is 0 Å². The lowest BCUT2D eigenvalue weighted by Gasteiger charge is -2.24. The maximum absolute atomic E-state index is 12.6. The Kier molecular flexibility index (Phi) is 36.6. The van der Waals surface area contributed by atoms with Crippen LogP contribution in [0.5, 0.6) is 0 Å². The number of likely N-dealkylation sites (N-methyl/N-ethyl adjacent to an activating group) is 1. The van der Waals surface area contributed by atoms with E-state index in [1.54, 1.807) is 0 Å². The van der Waals surface area contributed by atoms with Crippen LogP contribution in [0.2, 0.25) is 0 Å². The molecular weight excluding hydrogens is 673 g/mol. The molecule has 0 saturated heterocycles. The molecule has 52 heavy (non-hydrogen) atoms. The SMILES string of the molecule is CCCCC/C=C\CCCCCCCC(=O)OC(COCCCCCCCCCCCCCCCCCCCC)COP(=O)(O)OCC[N+](C)(C)C. The van der Waals surface area contributed by atoms with Crippen LogP contribution in [-0.2, 0) is 27.9 Å². The van der Waals surface area contributed by atoms with Crippen LogP contribution in [0.25, 0.3) is 0 Å². The van der Waals surface area contributed by atoms with Crippen molar-refractivity contribution in [1.29, 1.82) is 0 Å². The van der Waals surface area contributed by atoms with Crippen LogP contribution in [0.4, 0.5) is 0 Å². The quantitative estimate of drug-likeness (QED) is 0.0218. The third-order valence-electron chi connectivity index (χ3n) is 9.58. The van der Waals surface area contributed by atoms with Crippen LogP contribution in [-0.4, -0.2) is 75.6 Å². The zero-order valence-electron chi connectivity index (χ0n) is 35.1. The van der Waals surface area contributed by atoms with Crippen LogP contribution >= 0.6 is 7.82 Å². The molecule has 0 heterocycles. The first-order chi connectivity index (χ1) is 25.1. The Morgan fingerprint density at radius 3 is 1.50 bits per heavy atom. The number of nitrogens with zero attached hydrogens (tertiary/aromatic N) is 1. The normalized spacial score (nSPS) is 13.9. The lowest BCUT2D eigenvalue weighted by Crippen LogP contribution is -2.37. The molecule has 0 aliphatic heterocycles. The number of quaternary nitrogens is 1. The molecule has 0 radical (unpaired) electrons. The molecule has 310 valence electrons. The average molecular weight is 761 g/mol. The van der Waals surface area contributed by atoms with Gasteiger partial charge in [-0.25, -0.2) is 4.57 Å². The van der Waals surface area contributed by atoms with Gasteiger partial charge in [0.1, 0.15) is 19.3 Å². The Morgan fingerprint density at radius 2 is 1.00 bits per heavy atom. The molecule has 2 atom stereocenters. The van der Waals surface area contributed by atoms with Crippen LogP contribution in [0, 0.1) is 0 Å². The van der Waals surface area contributed by atoms with E-state index in [0.717, 1.165) is 44.9 Å². The van der Waals surface area contributed by atoms with Crippen molar-refractivity contribution in [2.24, 2.45) is 0 Å². The number of carbonyl (C=O) groups excluding carboxylic acids is 1. The Morgan fingerprint density at radius 1 is 0.577 bits per heavy atom. The zero-order chi connectivity index (χ0) is 38.4.